The van der Waals surface area contributed by atoms with Crippen molar-refractivity contribution in [2.24, 2.45) is 5.92 Å². The van der Waals surface area contributed by atoms with Gasteiger partial charge in [0.15, 0.2) is 0 Å². The number of aromatic nitrogens is 2. The molecule has 2 aromatic heterocycles. The van der Waals surface area contributed by atoms with Crippen molar-refractivity contribution in [1.82, 2.24) is 14.9 Å². The smallest absolute Gasteiger partial charge is 0.255 e. The Morgan fingerprint density at radius 3 is 2.90 bits per heavy atom. The number of nitrogens with one attached hydrogen (secondary N) is 1. The molecule has 0 bridgehead atoms. The number of hydrogen-bond acceptors (Lipinski definition) is 5. The van der Waals surface area contributed by atoms with E-state index in [-0.39, 0.29) is 18.4 Å². The zero-order valence-corrected chi connectivity index (χ0v) is 16.8. The highest BCUT2D eigenvalue weighted by Gasteiger charge is 2.32. The number of anilines is 2. The molecule has 4 rings (SSSR count). The lowest BCUT2D eigenvalue weighted by atomic mass is 10.1. The summed E-state index contributed by atoms with van der Waals surface area (Å²) in [7, 11) is 0. The first kappa shape index (κ1) is 19.4. The van der Waals surface area contributed by atoms with Gasteiger partial charge in [-0.05, 0) is 43.4 Å². The fourth-order valence-corrected chi connectivity index (χ4v) is 3.53. The van der Waals surface area contributed by atoms with Gasteiger partial charge in [-0.15, -0.1) is 0 Å². The number of carbonyl (C=O) groups excluding carboxylic acids is 2. The van der Waals surface area contributed by atoms with Crippen LogP contribution in [0.4, 0.5) is 11.5 Å². The van der Waals surface area contributed by atoms with Crippen LogP contribution in [0.5, 0.6) is 0 Å². The van der Waals surface area contributed by atoms with Crippen LogP contribution in [0.1, 0.15) is 48.7 Å². The number of pyridine rings is 2. The van der Waals surface area contributed by atoms with Crippen molar-refractivity contribution < 1.29 is 9.59 Å². The lowest BCUT2D eigenvalue weighted by Crippen LogP contribution is -2.41. The van der Waals surface area contributed by atoms with Gasteiger partial charge in [-0.2, -0.15) is 0 Å². The van der Waals surface area contributed by atoms with Crippen LogP contribution in [0.15, 0.2) is 36.7 Å². The van der Waals surface area contributed by atoms with Crippen LogP contribution in [-0.2, 0) is 11.3 Å². The van der Waals surface area contributed by atoms with Gasteiger partial charge >= 0.3 is 0 Å². The van der Waals surface area contributed by atoms with Crippen molar-refractivity contribution in [3.05, 3.63) is 47.9 Å². The summed E-state index contributed by atoms with van der Waals surface area (Å²) >= 11 is 0. The van der Waals surface area contributed by atoms with E-state index < -0.39 is 0 Å². The van der Waals surface area contributed by atoms with Crippen molar-refractivity contribution in [3.63, 3.8) is 0 Å². The molecular weight excluding hydrogens is 366 g/mol. The molecular formula is C22H27N5O2. The third-order valence-electron chi connectivity index (χ3n) is 5.40. The van der Waals surface area contributed by atoms with E-state index in [1.807, 2.05) is 29.2 Å². The molecule has 7 nitrogen and oxygen atoms in total. The Kier molecular flexibility index (Phi) is 5.74. The van der Waals surface area contributed by atoms with Gasteiger partial charge in [-0.1, -0.05) is 19.4 Å². The van der Waals surface area contributed by atoms with Crippen LogP contribution in [-0.4, -0.2) is 46.3 Å². The fraction of sp³-hybridized carbons (Fsp3) is 0.455. The molecule has 0 unspecified atom stereocenters. The molecule has 7 heteroatoms. The van der Waals surface area contributed by atoms with E-state index in [0.717, 1.165) is 31.4 Å². The Morgan fingerprint density at radius 1 is 1.31 bits per heavy atom. The monoisotopic (exact) mass is 393 g/mol. The van der Waals surface area contributed by atoms with E-state index >= 15 is 0 Å². The maximum atomic E-state index is 13.3. The standard InChI is InChI=1S/C22H27N5O2/c1-2-3-10-26(15-18-6-4-5-9-23-18)22(29)17-11-19-21(24-12-17)25-13-20(28)27(19)14-16-7-8-16/h4-6,9,11-12,16H,2-3,7-8,10,13-15H2,1H3,(H,24,25). The van der Waals surface area contributed by atoms with Crippen molar-refractivity contribution in [3.8, 4) is 0 Å². The first-order valence-electron chi connectivity index (χ1n) is 10.4. The van der Waals surface area contributed by atoms with Gasteiger partial charge in [-0.25, -0.2) is 4.98 Å². The summed E-state index contributed by atoms with van der Waals surface area (Å²) in [4.78, 5) is 38.2. The molecule has 1 fully saturated rings. The van der Waals surface area contributed by atoms with Crippen molar-refractivity contribution in [2.75, 3.05) is 29.9 Å². The number of fused-ring (bicyclic) bond motifs is 1. The molecule has 2 amide bonds. The van der Waals surface area contributed by atoms with Gasteiger partial charge in [-0.3, -0.25) is 14.6 Å². The van der Waals surface area contributed by atoms with E-state index in [1.165, 1.54) is 0 Å². The summed E-state index contributed by atoms with van der Waals surface area (Å²) in [5, 5.41) is 3.07. The molecule has 2 aliphatic rings. The second-order valence-corrected chi connectivity index (χ2v) is 7.79. The van der Waals surface area contributed by atoms with Crippen LogP contribution in [0, 0.1) is 5.92 Å². The van der Waals surface area contributed by atoms with Gasteiger partial charge in [0.1, 0.15) is 5.82 Å². The maximum absolute atomic E-state index is 13.3. The van der Waals surface area contributed by atoms with Gasteiger partial charge < -0.3 is 15.1 Å². The number of unbranched alkanes of at least 4 members (excludes halogenated alkanes) is 1. The molecule has 1 aliphatic heterocycles. The summed E-state index contributed by atoms with van der Waals surface area (Å²) < 4.78 is 0. The quantitative estimate of drug-likeness (QED) is 0.746. The van der Waals surface area contributed by atoms with Gasteiger partial charge in [0.2, 0.25) is 5.91 Å². The predicted molar refractivity (Wildman–Crippen MR) is 112 cm³/mol. The number of amides is 2. The molecule has 1 N–H and O–H groups in total. The van der Waals surface area contributed by atoms with Gasteiger partial charge in [0, 0.05) is 25.5 Å². The van der Waals surface area contributed by atoms with E-state index in [1.54, 1.807) is 17.3 Å². The summed E-state index contributed by atoms with van der Waals surface area (Å²) in [6.45, 7) is 4.19. The van der Waals surface area contributed by atoms with E-state index in [4.69, 9.17) is 0 Å². The number of nitrogens with zero attached hydrogens (tertiary/aromatic N) is 4. The highest BCUT2D eigenvalue weighted by molar-refractivity contribution is 6.04. The van der Waals surface area contributed by atoms with E-state index in [9.17, 15) is 9.59 Å². The summed E-state index contributed by atoms with van der Waals surface area (Å²) in [5.74, 6) is 1.19. The minimum absolute atomic E-state index is 0.0344. The Labute approximate surface area is 171 Å². The van der Waals surface area contributed by atoms with Crippen molar-refractivity contribution in [2.45, 2.75) is 39.2 Å². The Bertz CT molecular complexity index is 882. The number of carbonyl (C=O) groups is 2. The maximum Gasteiger partial charge on any atom is 0.255 e. The van der Waals surface area contributed by atoms with Gasteiger partial charge in [0.25, 0.3) is 5.91 Å². The highest BCUT2D eigenvalue weighted by atomic mass is 16.2. The van der Waals surface area contributed by atoms with Crippen LogP contribution < -0.4 is 10.2 Å². The normalized spacial score (nSPS) is 15.6. The Balaban J connectivity index is 1.59. The largest absolute Gasteiger partial charge is 0.359 e. The minimum atomic E-state index is -0.0798. The van der Waals surface area contributed by atoms with Crippen LogP contribution >= 0.6 is 0 Å². The SMILES string of the molecule is CCCCN(Cc1ccccn1)C(=O)c1cnc2c(c1)N(CC1CC1)C(=O)CN2. The fourth-order valence-electron chi connectivity index (χ4n) is 3.53. The summed E-state index contributed by atoms with van der Waals surface area (Å²) in [6.07, 6.45) is 7.59. The molecule has 0 spiro atoms. The third-order valence-corrected chi connectivity index (χ3v) is 5.40. The van der Waals surface area contributed by atoms with Crippen LogP contribution in [0.3, 0.4) is 0 Å². The molecule has 0 aromatic carbocycles. The van der Waals surface area contributed by atoms with E-state index in [0.29, 0.717) is 42.6 Å². The molecule has 1 saturated carbocycles. The highest BCUT2D eigenvalue weighted by Crippen LogP contribution is 2.35. The molecule has 3 heterocycles. The first-order chi connectivity index (χ1) is 14.2. The molecule has 0 atom stereocenters. The average molecular weight is 393 g/mol. The van der Waals surface area contributed by atoms with Crippen LogP contribution in [0.2, 0.25) is 0 Å². The average Bonchev–Trinajstić information content (AvgIpc) is 3.57. The van der Waals surface area contributed by atoms with Gasteiger partial charge in [0.05, 0.1) is 30.0 Å². The molecule has 29 heavy (non-hydrogen) atoms. The topological polar surface area (TPSA) is 78.4 Å². The summed E-state index contributed by atoms with van der Waals surface area (Å²) in [5.41, 5.74) is 2.08. The Hall–Kier alpha value is -2.96. The number of hydrogen-bond donors (Lipinski definition) is 1. The third kappa shape index (κ3) is 4.55. The van der Waals surface area contributed by atoms with Crippen LogP contribution in [0.25, 0.3) is 0 Å². The molecule has 2 aromatic rings. The Morgan fingerprint density at radius 2 is 2.17 bits per heavy atom. The summed E-state index contributed by atoms with van der Waals surface area (Å²) in [6, 6.07) is 7.54. The molecule has 1 aliphatic carbocycles. The second kappa shape index (κ2) is 8.59. The minimum Gasteiger partial charge on any atom is -0.359 e. The van der Waals surface area contributed by atoms with E-state index in [2.05, 4.69) is 22.2 Å². The molecule has 0 saturated heterocycles. The van der Waals surface area contributed by atoms with Crippen molar-refractivity contribution in [1.29, 1.82) is 0 Å². The lowest BCUT2D eigenvalue weighted by Gasteiger charge is -2.30. The van der Waals surface area contributed by atoms with Crippen molar-refractivity contribution >= 4 is 23.3 Å². The zero-order valence-electron chi connectivity index (χ0n) is 16.8. The lowest BCUT2D eigenvalue weighted by molar-refractivity contribution is -0.117. The molecule has 152 valence electrons. The second-order valence-electron chi connectivity index (χ2n) is 7.79. The zero-order chi connectivity index (χ0) is 20.2. The first-order valence-corrected chi connectivity index (χ1v) is 10.4. The molecule has 0 radical (unpaired) electrons. The number of rotatable bonds is 8. The predicted octanol–water partition coefficient (Wildman–Crippen LogP) is 3.09.